The van der Waals surface area contributed by atoms with Crippen molar-refractivity contribution < 1.29 is 14.3 Å². The maximum atomic E-state index is 12.1. The van der Waals surface area contributed by atoms with Gasteiger partial charge in [0, 0.05) is 5.54 Å². The van der Waals surface area contributed by atoms with Crippen molar-refractivity contribution in [2.24, 2.45) is 0 Å². The molecule has 0 unspecified atom stereocenters. The fourth-order valence-electron chi connectivity index (χ4n) is 2.25. The third kappa shape index (κ3) is 5.48. The van der Waals surface area contributed by atoms with Gasteiger partial charge in [-0.1, -0.05) is 62.1 Å². The van der Waals surface area contributed by atoms with Crippen LogP contribution in [0.4, 0.5) is 0 Å². The molecule has 1 aromatic rings. The lowest BCUT2D eigenvalue weighted by atomic mass is 10.2. The summed E-state index contributed by atoms with van der Waals surface area (Å²) in [5.41, 5.74) is 1.15. The molecule has 0 aliphatic heterocycles. The summed E-state index contributed by atoms with van der Waals surface area (Å²) in [5, 5.41) is 0. The highest BCUT2D eigenvalue weighted by molar-refractivity contribution is 6.78. The number of benzene rings is 1. The monoisotopic (exact) mass is 306 g/mol. The summed E-state index contributed by atoms with van der Waals surface area (Å²) >= 11 is 0. The molecule has 1 rings (SSSR count). The fraction of sp³-hybridized carbons (Fsp3) is 0.471. The van der Waals surface area contributed by atoms with Crippen LogP contribution in [0.2, 0.25) is 25.2 Å². The minimum atomic E-state index is -1.60. The molecule has 21 heavy (non-hydrogen) atoms. The Morgan fingerprint density at radius 2 is 1.86 bits per heavy atom. The molecular weight excluding hydrogens is 280 g/mol. The van der Waals surface area contributed by atoms with E-state index in [0.717, 1.165) is 5.56 Å². The summed E-state index contributed by atoms with van der Waals surface area (Å²) in [6.45, 7) is 9.09. The highest BCUT2D eigenvalue weighted by atomic mass is 28.3. The van der Waals surface area contributed by atoms with Gasteiger partial charge >= 0.3 is 5.97 Å². The van der Waals surface area contributed by atoms with E-state index in [1.807, 2.05) is 43.3 Å². The Labute approximate surface area is 129 Å². The van der Waals surface area contributed by atoms with Crippen LogP contribution < -0.4 is 0 Å². The molecule has 0 bridgehead atoms. The molecule has 0 amide bonds. The average Bonchev–Trinajstić information content (AvgIpc) is 2.46. The number of allylic oxidation sites excluding steroid dienone is 1. The average molecular weight is 306 g/mol. The Morgan fingerprint density at radius 1 is 1.24 bits per heavy atom. The zero-order chi connectivity index (χ0) is 15.9. The van der Waals surface area contributed by atoms with Crippen LogP contribution in [0.3, 0.4) is 0 Å². The highest BCUT2D eigenvalue weighted by Crippen LogP contribution is 2.30. The quantitative estimate of drug-likeness (QED) is 0.433. The smallest absolute Gasteiger partial charge is 0.335 e. The summed E-state index contributed by atoms with van der Waals surface area (Å²) in [5.74, 6) is -0.295. The molecule has 0 spiro atoms. The van der Waals surface area contributed by atoms with E-state index in [9.17, 15) is 4.79 Å². The van der Waals surface area contributed by atoms with E-state index in [4.69, 9.17) is 9.47 Å². The normalized spacial score (nSPS) is 14.9. The van der Waals surface area contributed by atoms with Gasteiger partial charge in [-0.2, -0.15) is 0 Å². The summed E-state index contributed by atoms with van der Waals surface area (Å²) in [6.07, 6.45) is 3.53. The van der Waals surface area contributed by atoms with Gasteiger partial charge in [0.15, 0.2) is 6.10 Å². The van der Waals surface area contributed by atoms with Crippen LogP contribution in [0.25, 0.3) is 0 Å². The highest BCUT2D eigenvalue weighted by Gasteiger charge is 2.37. The molecular formula is C17H26O3Si. The maximum Gasteiger partial charge on any atom is 0.335 e. The minimum Gasteiger partial charge on any atom is -0.467 e. The van der Waals surface area contributed by atoms with E-state index < -0.39 is 14.2 Å². The van der Waals surface area contributed by atoms with E-state index in [-0.39, 0.29) is 11.5 Å². The van der Waals surface area contributed by atoms with Crippen molar-refractivity contribution >= 4 is 14.0 Å². The molecule has 0 N–H and O–H groups in total. The van der Waals surface area contributed by atoms with E-state index in [0.29, 0.717) is 6.61 Å². The number of carbonyl (C=O) groups is 1. The second-order valence-corrected chi connectivity index (χ2v) is 11.6. The van der Waals surface area contributed by atoms with Crippen LogP contribution in [0.1, 0.15) is 12.5 Å². The van der Waals surface area contributed by atoms with Gasteiger partial charge < -0.3 is 9.47 Å². The van der Waals surface area contributed by atoms with E-state index >= 15 is 0 Å². The first-order chi connectivity index (χ1) is 9.90. The molecule has 0 aromatic heterocycles. The molecule has 0 fully saturated rings. The molecule has 0 aliphatic carbocycles. The van der Waals surface area contributed by atoms with Gasteiger partial charge in [0.1, 0.15) is 0 Å². The molecule has 2 atom stereocenters. The molecule has 0 heterocycles. The van der Waals surface area contributed by atoms with Crippen molar-refractivity contribution in [2.45, 2.75) is 44.8 Å². The third-order valence-electron chi connectivity index (χ3n) is 3.43. The standard InChI is InChI=1S/C17H26O3Si/c1-6-10-15(21(3,4)5)16(17(18)19-2)20-13-14-11-8-7-9-12-14/h6-12,15-16H,13H2,1-5H3/b10-6+/t15-,16+/m1/s1. The van der Waals surface area contributed by atoms with E-state index in [1.54, 1.807) is 0 Å². The van der Waals surface area contributed by atoms with Gasteiger partial charge in [-0.3, -0.25) is 0 Å². The van der Waals surface area contributed by atoms with Crippen LogP contribution >= 0.6 is 0 Å². The van der Waals surface area contributed by atoms with Crippen LogP contribution in [-0.2, 0) is 20.9 Å². The number of carbonyl (C=O) groups excluding carboxylic acids is 1. The summed E-state index contributed by atoms with van der Waals surface area (Å²) in [6, 6.07) is 9.88. The molecule has 0 radical (unpaired) electrons. The number of ether oxygens (including phenoxy) is 2. The number of methoxy groups -OCH3 is 1. The van der Waals surface area contributed by atoms with Crippen LogP contribution in [0, 0.1) is 0 Å². The first-order valence-corrected chi connectivity index (χ1v) is 10.8. The molecule has 4 heteroatoms. The maximum absolute atomic E-state index is 12.1. The van der Waals surface area contributed by atoms with Crippen LogP contribution in [0.15, 0.2) is 42.5 Å². The second kappa shape index (κ2) is 8.15. The van der Waals surface area contributed by atoms with Crippen LogP contribution in [-0.4, -0.2) is 27.3 Å². The Balaban J connectivity index is 2.91. The molecule has 3 nitrogen and oxygen atoms in total. The number of rotatable bonds is 7. The summed E-state index contributed by atoms with van der Waals surface area (Å²) in [7, 11) is -0.186. The van der Waals surface area contributed by atoms with Gasteiger partial charge in [0.05, 0.1) is 21.8 Å². The lowest BCUT2D eigenvalue weighted by Crippen LogP contribution is -2.41. The molecule has 0 aliphatic rings. The topological polar surface area (TPSA) is 35.5 Å². The van der Waals surface area contributed by atoms with Crippen molar-refractivity contribution in [2.75, 3.05) is 7.11 Å². The van der Waals surface area contributed by atoms with Gasteiger partial charge in [-0.25, -0.2) is 4.79 Å². The summed E-state index contributed by atoms with van der Waals surface area (Å²) in [4.78, 5) is 12.1. The zero-order valence-electron chi connectivity index (χ0n) is 13.6. The van der Waals surface area contributed by atoms with E-state index in [1.165, 1.54) is 7.11 Å². The SMILES string of the molecule is C/C=C/[C@H]([C@H](OCc1ccccc1)C(=O)OC)[Si](C)(C)C. The second-order valence-electron chi connectivity index (χ2n) is 6.16. The Morgan fingerprint density at radius 3 is 2.33 bits per heavy atom. The first-order valence-electron chi connectivity index (χ1n) is 7.26. The van der Waals surface area contributed by atoms with Crippen molar-refractivity contribution in [3.63, 3.8) is 0 Å². The largest absolute Gasteiger partial charge is 0.467 e. The van der Waals surface area contributed by atoms with Gasteiger partial charge in [-0.15, -0.1) is 0 Å². The fourth-order valence-corrected chi connectivity index (χ4v) is 4.16. The first kappa shape index (κ1) is 17.7. The van der Waals surface area contributed by atoms with Gasteiger partial charge in [0.25, 0.3) is 0 Å². The summed E-state index contributed by atoms with van der Waals surface area (Å²) < 4.78 is 10.9. The lowest BCUT2D eigenvalue weighted by molar-refractivity contribution is -0.154. The van der Waals surface area contributed by atoms with Gasteiger partial charge in [0.2, 0.25) is 0 Å². The van der Waals surface area contributed by atoms with Crippen molar-refractivity contribution in [1.29, 1.82) is 0 Å². The number of hydrogen-bond donors (Lipinski definition) is 0. The van der Waals surface area contributed by atoms with Crippen molar-refractivity contribution in [3.05, 3.63) is 48.0 Å². The minimum absolute atomic E-state index is 0.0960. The molecule has 1 aromatic carbocycles. The Bertz CT molecular complexity index is 463. The predicted molar refractivity (Wildman–Crippen MR) is 88.9 cm³/mol. The van der Waals surface area contributed by atoms with Crippen molar-refractivity contribution in [3.8, 4) is 0 Å². The Kier molecular flexibility index (Phi) is 6.85. The van der Waals surface area contributed by atoms with E-state index in [2.05, 4.69) is 25.7 Å². The van der Waals surface area contributed by atoms with Crippen molar-refractivity contribution in [1.82, 2.24) is 0 Å². The number of esters is 1. The molecule has 116 valence electrons. The molecule has 0 saturated carbocycles. The number of hydrogen-bond acceptors (Lipinski definition) is 3. The van der Waals surface area contributed by atoms with Gasteiger partial charge in [-0.05, 0) is 12.5 Å². The zero-order valence-corrected chi connectivity index (χ0v) is 14.6. The predicted octanol–water partition coefficient (Wildman–Crippen LogP) is 4.03. The lowest BCUT2D eigenvalue weighted by Gasteiger charge is -2.32. The van der Waals surface area contributed by atoms with Crippen LogP contribution in [0.5, 0.6) is 0 Å². The Hall–Kier alpha value is -1.39. The third-order valence-corrected chi connectivity index (χ3v) is 5.93. The molecule has 0 saturated heterocycles.